The van der Waals surface area contributed by atoms with Gasteiger partial charge in [0.05, 0.1) is 10.8 Å². The molecule has 1 fully saturated rings. The molecule has 0 atom stereocenters. The predicted octanol–water partition coefficient (Wildman–Crippen LogP) is 2.18. The maximum atomic E-state index is 12.2. The minimum atomic E-state index is -3.35. The van der Waals surface area contributed by atoms with Gasteiger partial charge in [0.2, 0.25) is 10.0 Å². The van der Waals surface area contributed by atoms with Crippen LogP contribution in [0.1, 0.15) is 5.56 Å². The Hall–Kier alpha value is -1.37. The maximum Gasteiger partial charge on any atom is 0.213 e. The van der Waals surface area contributed by atoms with Crippen molar-refractivity contribution in [1.82, 2.24) is 14.9 Å². The summed E-state index contributed by atoms with van der Waals surface area (Å²) in [5.74, 6) is 0.762. The van der Waals surface area contributed by atoms with E-state index in [1.54, 1.807) is 18.4 Å². The molecule has 1 aromatic carbocycles. The predicted molar refractivity (Wildman–Crippen MR) is 132 cm³/mol. The third kappa shape index (κ3) is 7.43. The minimum Gasteiger partial charge on any atom is -0.360 e. The molecule has 0 aliphatic carbocycles. The highest BCUT2D eigenvalue weighted by atomic mass is 127. The van der Waals surface area contributed by atoms with Crippen LogP contribution in [0.25, 0.3) is 0 Å². The molecule has 0 bridgehead atoms. The molecule has 0 amide bonds. The summed E-state index contributed by atoms with van der Waals surface area (Å²) in [7, 11) is -1.61. The fourth-order valence-corrected chi connectivity index (χ4v) is 4.77. The molecule has 2 N–H and O–H groups in total. The van der Waals surface area contributed by atoms with Crippen molar-refractivity contribution in [2.75, 3.05) is 50.4 Å². The molecule has 29 heavy (non-hydrogen) atoms. The SMILES string of the molecule is CN=C(NCCS(=O)(=O)NCc1ccccc1)N1CCN(c2cccs2)CC1.I. The molecule has 3 rings (SSSR count). The first kappa shape index (κ1) is 23.9. The summed E-state index contributed by atoms with van der Waals surface area (Å²) in [6.07, 6.45) is 0. The number of nitrogens with zero attached hydrogens (tertiary/aromatic N) is 3. The van der Waals surface area contributed by atoms with Gasteiger partial charge in [0.25, 0.3) is 0 Å². The zero-order chi connectivity index (χ0) is 19.8. The fraction of sp³-hybridized carbons (Fsp3) is 0.421. The molecule has 1 aliphatic rings. The normalized spacial score (nSPS) is 15.1. The molecular formula is C19H28IN5O2S2. The molecule has 0 saturated carbocycles. The van der Waals surface area contributed by atoms with Gasteiger partial charge >= 0.3 is 0 Å². The average Bonchev–Trinajstić information content (AvgIpc) is 3.26. The number of sulfonamides is 1. The summed E-state index contributed by atoms with van der Waals surface area (Å²) in [5, 5.41) is 6.57. The first-order valence-corrected chi connectivity index (χ1v) is 11.9. The van der Waals surface area contributed by atoms with Crippen LogP contribution in [0.15, 0.2) is 52.8 Å². The van der Waals surface area contributed by atoms with Gasteiger partial charge in [-0.3, -0.25) is 4.99 Å². The Morgan fingerprint density at radius 2 is 1.83 bits per heavy atom. The van der Waals surface area contributed by atoms with Crippen molar-refractivity contribution in [2.24, 2.45) is 4.99 Å². The lowest BCUT2D eigenvalue weighted by Crippen LogP contribution is -2.53. The summed E-state index contributed by atoms with van der Waals surface area (Å²) in [4.78, 5) is 8.86. The van der Waals surface area contributed by atoms with Crippen molar-refractivity contribution >= 4 is 56.3 Å². The monoisotopic (exact) mass is 549 g/mol. The largest absolute Gasteiger partial charge is 0.360 e. The van der Waals surface area contributed by atoms with Crippen molar-refractivity contribution in [1.29, 1.82) is 0 Å². The molecular weight excluding hydrogens is 521 g/mol. The number of anilines is 1. The molecule has 10 heteroatoms. The van der Waals surface area contributed by atoms with Crippen LogP contribution in [0.4, 0.5) is 5.00 Å². The highest BCUT2D eigenvalue weighted by Gasteiger charge is 2.20. The van der Waals surface area contributed by atoms with Crippen molar-refractivity contribution < 1.29 is 8.42 Å². The number of halogens is 1. The van der Waals surface area contributed by atoms with Crippen LogP contribution in [0.5, 0.6) is 0 Å². The van der Waals surface area contributed by atoms with Crippen LogP contribution in [0.3, 0.4) is 0 Å². The standard InChI is InChI=1S/C19H27N5O2S2.HI/c1-20-19(24-12-10-23(11-13-24)18-8-5-14-27-18)21-9-15-28(25,26)22-16-17-6-3-2-4-7-17;/h2-8,14,22H,9-13,15-16H2,1H3,(H,20,21);1H. The van der Waals surface area contributed by atoms with Crippen LogP contribution in [-0.2, 0) is 16.6 Å². The number of benzene rings is 1. The van der Waals surface area contributed by atoms with E-state index in [-0.39, 0.29) is 29.7 Å². The van der Waals surface area contributed by atoms with Gasteiger partial charge in [-0.2, -0.15) is 0 Å². The lowest BCUT2D eigenvalue weighted by atomic mass is 10.2. The van der Waals surface area contributed by atoms with E-state index in [4.69, 9.17) is 0 Å². The zero-order valence-corrected chi connectivity index (χ0v) is 20.4. The Kier molecular flexibility index (Phi) is 9.66. The second-order valence-corrected chi connectivity index (χ2v) is 9.38. The molecule has 2 heterocycles. The number of thiophene rings is 1. The maximum absolute atomic E-state index is 12.2. The molecule has 7 nitrogen and oxygen atoms in total. The number of hydrogen-bond acceptors (Lipinski definition) is 5. The van der Waals surface area contributed by atoms with Gasteiger partial charge in [0, 0.05) is 46.3 Å². The molecule has 0 unspecified atom stereocenters. The van der Waals surface area contributed by atoms with Gasteiger partial charge in [-0.15, -0.1) is 35.3 Å². The van der Waals surface area contributed by atoms with Crippen molar-refractivity contribution in [3.8, 4) is 0 Å². The first-order valence-electron chi connectivity index (χ1n) is 9.33. The first-order chi connectivity index (χ1) is 13.6. The molecule has 1 aromatic heterocycles. The van der Waals surface area contributed by atoms with Gasteiger partial charge in [0.1, 0.15) is 0 Å². The molecule has 0 radical (unpaired) electrons. The van der Waals surface area contributed by atoms with Gasteiger partial charge < -0.3 is 15.1 Å². The Balaban J connectivity index is 0.00000300. The quantitative estimate of drug-likeness (QED) is 0.315. The molecule has 0 spiro atoms. The highest BCUT2D eigenvalue weighted by molar-refractivity contribution is 14.0. The van der Waals surface area contributed by atoms with Crippen LogP contribution >= 0.6 is 35.3 Å². The summed E-state index contributed by atoms with van der Waals surface area (Å²) in [6, 6.07) is 13.7. The summed E-state index contributed by atoms with van der Waals surface area (Å²) in [5.41, 5.74) is 0.943. The Morgan fingerprint density at radius 1 is 1.10 bits per heavy atom. The van der Waals surface area contributed by atoms with Crippen molar-refractivity contribution in [3.63, 3.8) is 0 Å². The molecule has 160 valence electrons. The lowest BCUT2D eigenvalue weighted by molar-refractivity contribution is 0.374. The Morgan fingerprint density at radius 3 is 2.45 bits per heavy atom. The number of aliphatic imine (C=N–C) groups is 1. The number of nitrogens with one attached hydrogen (secondary N) is 2. The van der Waals surface area contributed by atoms with E-state index in [1.807, 2.05) is 30.3 Å². The smallest absolute Gasteiger partial charge is 0.213 e. The van der Waals surface area contributed by atoms with E-state index in [1.165, 1.54) is 5.00 Å². The van der Waals surface area contributed by atoms with Crippen LogP contribution in [0.2, 0.25) is 0 Å². The summed E-state index contributed by atoms with van der Waals surface area (Å²) >= 11 is 1.75. The second-order valence-electron chi connectivity index (χ2n) is 6.52. The van der Waals surface area contributed by atoms with E-state index in [0.29, 0.717) is 13.1 Å². The van der Waals surface area contributed by atoms with E-state index in [9.17, 15) is 8.42 Å². The van der Waals surface area contributed by atoms with Gasteiger partial charge in [0.15, 0.2) is 5.96 Å². The number of piperazine rings is 1. The Bertz CT molecular complexity index is 852. The highest BCUT2D eigenvalue weighted by Crippen LogP contribution is 2.22. The molecule has 1 saturated heterocycles. The third-order valence-corrected chi connectivity index (χ3v) is 6.86. The van der Waals surface area contributed by atoms with Crippen LogP contribution in [0, 0.1) is 0 Å². The molecule has 1 aliphatic heterocycles. The lowest BCUT2D eigenvalue weighted by Gasteiger charge is -2.37. The topological polar surface area (TPSA) is 77.0 Å². The van der Waals surface area contributed by atoms with Gasteiger partial charge in [-0.1, -0.05) is 30.3 Å². The van der Waals surface area contributed by atoms with E-state index in [2.05, 4.69) is 42.3 Å². The average molecular weight is 550 g/mol. The number of guanidine groups is 1. The van der Waals surface area contributed by atoms with Gasteiger partial charge in [-0.25, -0.2) is 13.1 Å². The number of rotatable bonds is 7. The van der Waals surface area contributed by atoms with Crippen molar-refractivity contribution in [3.05, 3.63) is 53.4 Å². The second kappa shape index (κ2) is 11.7. The van der Waals surface area contributed by atoms with Crippen molar-refractivity contribution in [2.45, 2.75) is 6.54 Å². The van der Waals surface area contributed by atoms with Crippen LogP contribution < -0.4 is 14.9 Å². The summed E-state index contributed by atoms with van der Waals surface area (Å²) < 4.78 is 27.1. The molecule has 2 aromatic rings. The number of hydrogen-bond donors (Lipinski definition) is 2. The summed E-state index contributed by atoms with van der Waals surface area (Å²) in [6.45, 7) is 4.20. The minimum absolute atomic E-state index is 0. The Labute approximate surface area is 194 Å². The third-order valence-electron chi connectivity index (χ3n) is 4.60. The van der Waals surface area contributed by atoms with Gasteiger partial charge in [-0.05, 0) is 23.1 Å². The van der Waals surface area contributed by atoms with E-state index in [0.717, 1.165) is 37.7 Å². The van der Waals surface area contributed by atoms with Crippen LogP contribution in [-0.4, -0.2) is 64.8 Å². The fourth-order valence-electron chi connectivity index (χ4n) is 3.08. The van der Waals surface area contributed by atoms with E-state index < -0.39 is 10.0 Å². The zero-order valence-electron chi connectivity index (χ0n) is 16.5. The van der Waals surface area contributed by atoms with E-state index >= 15 is 0 Å².